The summed E-state index contributed by atoms with van der Waals surface area (Å²) in [4.78, 5) is 28.1. The van der Waals surface area contributed by atoms with E-state index < -0.39 is 17.7 Å². The van der Waals surface area contributed by atoms with Crippen LogP contribution in [0.3, 0.4) is 0 Å². The molecule has 1 amide bonds. The van der Waals surface area contributed by atoms with Crippen LogP contribution in [0.15, 0.2) is 78.4 Å². The molecule has 1 fully saturated rings. The molecule has 1 N–H and O–H groups in total. The molecule has 1 unspecified atom stereocenters. The Labute approximate surface area is 222 Å². The number of carbonyl (C=O) groups excluding carboxylic acids is 2. The molecule has 0 bridgehead atoms. The third kappa shape index (κ3) is 5.29. The number of hydrogen-bond donors (Lipinski definition) is 1. The SMILES string of the molecule is COCCCN1C(=O)C(=O)/C(=C(\O)c2ccc3c(c2)CCCO3)C1c1cccc(OCc2ccccc2)c1. The number of aryl methyl sites for hydroxylation is 1. The van der Waals surface area contributed by atoms with Crippen molar-refractivity contribution < 1.29 is 28.9 Å². The number of Topliss-reactive ketones (excluding diaryl/α,β-unsaturated/α-hetero) is 1. The Morgan fingerprint density at radius 3 is 2.71 bits per heavy atom. The standard InChI is InChI=1S/C31H31NO6/c1-36-16-7-15-32-28(23-10-5-12-25(19-23)38-20-21-8-3-2-4-9-21)27(30(34)31(32)35)29(33)24-13-14-26-22(18-24)11-6-17-37-26/h2-5,8-10,12-14,18-19,28,33H,6-7,11,15-17,20H2,1H3/b29-27-. The Bertz CT molecular complexity index is 1350. The zero-order valence-electron chi connectivity index (χ0n) is 21.4. The maximum atomic E-state index is 13.3. The van der Waals surface area contributed by atoms with E-state index in [4.69, 9.17) is 14.2 Å². The number of hydrogen-bond acceptors (Lipinski definition) is 6. The second kappa shape index (κ2) is 11.5. The van der Waals surface area contributed by atoms with Gasteiger partial charge in [0.05, 0.1) is 18.2 Å². The minimum atomic E-state index is -0.751. The predicted molar refractivity (Wildman–Crippen MR) is 143 cm³/mol. The highest BCUT2D eigenvalue weighted by Crippen LogP contribution is 2.41. The first-order valence-electron chi connectivity index (χ1n) is 12.9. The summed E-state index contributed by atoms with van der Waals surface area (Å²) in [7, 11) is 1.60. The fourth-order valence-corrected chi connectivity index (χ4v) is 5.01. The van der Waals surface area contributed by atoms with Crippen LogP contribution in [0.1, 0.15) is 41.1 Å². The molecule has 7 nitrogen and oxygen atoms in total. The summed E-state index contributed by atoms with van der Waals surface area (Å²) in [6, 6.07) is 21.8. The number of ether oxygens (including phenoxy) is 3. The molecule has 3 aromatic carbocycles. The van der Waals surface area contributed by atoms with Crippen molar-refractivity contribution in [3.05, 3.63) is 101 Å². The number of amides is 1. The molecule has 38 heavy (non-hydrogen) atoms. The van der Waals surface area contributed by atoms with Gasteiger partial charge in [-0.3, -0.25) is 9.59 Å². The number of nitrogens with zero attached hydrogens (tertiary/aromatic N) is 1. The van der Waals surface area contributed by atoms with Gasteiger partial charge in [0, 0.05) is 25.8 Å². The molecule has 0 spiro atoms. The molecule has 0 aromatic heterocycles. The van der Waals surface area contributed by atoms with E-state index in [2.05, 4.69) is 0 Å². The van der Waals surface area contributed by atoms with Crippen molar-refractivity contribution in [3.63, 3.8) is 0 Å². The molecule has 3 aromatic rings. The highest BCUT2D eigenvalue weighted by atomic mass is 16.5. The number of aliphatic hydroxyl groups excluding tert-OH is 1. The molecule has 0 saturated carbocycles. The second-order valence-corrected chi connectivity index (χ2v) is 9.46. The Hall–Kier alpha value is -4.10. The van der Waals surface area contributed by atoms with E-state index in [0.717, 1.165) is 29.7 Å². The molecule has 5 rings (SSSR count). The molecule has 7 heteroatoms. The topological polar surface area (TPSA) is 85.3 Å². The van der Waals surface area contributed by atoms with E-state index in [1.807, 2.05) is 66.7 Å². The smallest absolute Gasteiger partial charge is 0.295 e. The van der Waals surface area contributed by atoms with Gasteiger partial charge in [-0.1, -0.05) is 42.5 Å². The van der Waals surface area contributed by atoms with Crippen molar-refractivity contribution in [2.45, 2.75) is 31.9 Å². The van der Waals surface area contributed by atoms with Crippen molar-refractivity contribution in [3.8, 4) is 11.5 Å². The van der Waals surface area contributed by atoms with Gasteiger partial charge in [0.25, 0.3) is 11.7 Å². The lowest BCUT2D eigenvalue weighted by atomic mass is 9.94. The number of fused-ring (bicyclic) bond motifs is 1. The molecule has 1 saturated heterocycles. The number of aliphatic hydroxyl groups is 1. The zero-order chi connectivity index (χ0) is 26.5. The molecule has 0 radical (unpaired) electrons. The van der Waals surface area contributed by atoms with E-state index in [9.17, 15) is 14.7 Å². The van der Waals surface area contributed by atoms with Crippen molar-refractivity contribution >= 4 is 17.4 Å². The number of benzene rings is 3. The highest BCUT2D eigenvalue weighted by Gasteiger charge is 2.46. The van der Waals surface area contributed by atoms with Crippen LogP contribution in [0.5, 0.6) is 11.5 Å². The fraction of sp³-hybridized carbons (Fsp3) is 0.290. The average Bonchev–Trinajstić information content (AvgIpc) is 3.21. The molecular weight excluding hydrogens is 482 g/mol. The lowest BCUT2D eigenvalue weighted by molar-refractivity contribution is -0.140. The number of carbonyl (C=O) groups is 2. The van der Waals surface area contributed by atoms with Crippen molar-refractivity contribution in [1.29, 1.82) is 0 Å². The zero-order valence-corrected chi connectivity index (χ0v) is 21.4. The summed E-state index contributed by atoms with van der Waals surface area (Å²) in [5, 5.41) is 11.4. The van der Waals surface area contributed by atoms with E-state index in [1.54, 1.807) is 13.2 Å². The lowest BCUT2D eigenvalue weighted by Crippen LogP contribution is -2.31. The monoisotopic (exact) mass is 513 g/mol. The third-order valence-corrected chi connectivity index (χ3v) is 6.89. The largest absolute Gasteiger partial charge is 0.507 e. The molecular formula is C31H31NO6. The van der Waals surface area contributed by atoms with Crippen molar-refractivity contribution in [2.75, 3.05) is 26.9 Å². The molecule has 2 aliphatic heterocycles. The summed E-state index contributed by atoms with van der Waals surface area (Å²) < 4.78 is 16.9. The maximum Gasteiger partial charge on any atom is 0.295 e. The van der Waals surface area contributed by atoms with Gasteiger partial charge in [-0.25, -0.2) is 0 Å². The van der Waals surface area contributed by atoms with Gasteiger partial charge in [-0.2, -0.15) is 0 Å². The van der Waals surface area contributed by atoms with Crippen LogP contribution in [0.25, 0.3) is 5.76 Å². The Morgan fingerprint density at radius 1 is 1.05 bits per heavy atom. The predicted octanol–water partition coefficient (Wildman–Crippen LogP) is 5.05. The summed E-state index contributed by atoms with van der Waals surface area (Å²) in [6.45, 7) is 1.80. The number of methoxy groups -OCH3 is 1. The van der Waals surface area contributed by atoms with Crippen molar-refractivity contribution in [2.24, 2.45) is 0 Å². The van der Waals surface area contributed by atoms with E-state index in [0.29, 0.717) is 49.7 Å². The van der Waals surface area contributed by atoms with Gasteiger partial charge in [-0.15, -0.1) is 0 Å². The summed E-state index contributed by atoms with van der Waals surface area (Å²) >= 11 is 0. The van der Waals surface area contributed by atoms with Gasteiger partial charge in [0.15, 0.2) is 0 Å². The van der Waals surface area contributed by atoms with Gasteiger partial charge in [-0.05, 0) is 66.3 Å². The molecule has 1 atom stereocenters. The summed E-state index contributed by atoms with van der Waals surface area (Å²) in [5.41, 5.74) is 3.26. The lowest BCUT2D eigenvalue weighted by Gasteiger charge is -2.26. The van der Waals surface area contributed by atoms with E-state index in [1.165, 1.54) is 4.90 Å². The van der Waals surface area contributed by atoms with Crippen LogP contribution in [0.2, 0.25) is 0 Å². The normalized spacial score (nSPS) is 18.2. The minimum Gasteiger partial charge on any atom is -0.507 e. The van der Waals surface area contributed by atoms with Gasteiger partial charge >= 0.3 is 0 Å². The van der Waals surface area contributed by atoms with Crippen LogP contribution in [-0.4, -0.2) is 48.6 Å². The summed E-state index contributed by atoms with van der Waals surface area (Å²) in [5.74, 6) is -0.127. The maximum absolute atomic E-state index is 13.3. The molecule has 0 aliphatic carbocycles. The first kappa shape index (κ1) is 25.5. The van der Waals surface area contributed by atoms with Gasteiger partial charge in [0.2, 0.25) is 0 Å². The highest BCUT2D eigenvalue weighted by molar-refractivity contribution is 6.46. The summed E-state index contributed by atoms with van der Waals surface area (Å²) in [6.07, 6.45) is 2.27. The van der Waals surface area contributed by atoms with E-state index in [-0.39, 0.29) is 11.3 Å². The Kier molecular flexibility index (Phi) is 7.75. The van der Waals surface area contributed by atoms with Crippen LogP contribution >= 0.6 is 0 Å². The number of ketones is 1. The van der Waals surface area contributed by atoms with Crippen LogP contribution in [0.4, 0.5) is 0 Å². The molecule has 2 heterocycles. The van der Waals surface area contributed by atoms with Gasteiger partial charge < -0.3 is 24.2 Å². The Balaban J connectivity index is 1.52. The van der Waals surface area contributed by atoms with Crippen LogP contribution < -0.4 is 9.47 Å². The second-order valence-electron chi connectivity index (χ2n) is 9.46. The molecule has 2 aliphatic rings. The third-order valence-electron chi connectivity index (χ3n) is 6.89. The van der Waals surface area contributed by atoms with Crippen LogP contribution in [-0.2, 0) is 27.4 Å². The first-order chi connectivity index (χ1) is 18.6. The fourth-order valence-electron chi connectivity index (χ4n) is 5.01. The Morgan fingerprint density at radius 2 is 1.89 bits per heavy atom. The first-order valence-corrected chi connectivity index (χ1v) is 12.9. The number of rotatable bonds is 9. The van der Waals surface area contributed by atoms with Crippen LogP contribution in [0, 0.1) is 0 Å². The van der Waals surface area contributed by atoms with Gasteiger partial charge in [0.1, 0.15) is 23.9 Å². The molecule has 196 valence electrons. The quantitative estimate of drug-likeness (QED) is 0.187. The minimum absolute atomic E-state index is 0.0734. The average molecular weight is 514 g/mol. The number of likely N-dealkylation sites (tertiary alicyclic amines) is 1. The van der Waals surface area contributed by atoms with E-state index >= 15 is 0 Å². The van der Waals surface area contributed by atoms with Crippen molar-refractivity contribution in [1.82, 2.24) is 4.90 Å².